The predicted molar refractivity (Wildman–Crippen MR) is 133 cm³/mol. The van der Waals surface area contributed by atoms with Gasteiger partial charge < -0.3 is 9.38 Å². The van der Waals surface area contributed by atoms with E-state index in [9.17, 15) is 17.8 Å². The summed E-state index contributed by atoms with van der Waals surface area (Å²) in [5.74, 6) is 0.118. The molecule has 2 atom stereocenters. The second-order valence-electron chi connectivity index (χ2n) is 9.87. The van der Waals surface area contributed by atoms with Gasteiger partial charge in [0.15, 0.2) is 0 Å². The third-order valence-corrected chi connectivity index (χ3v) is 8.04. The van der Waals surface area contributed by atoms with Crippen molar-refractivity contribution >= 4 is 16.0 Å². The Morgan fingerprint density at radius 2 is 1.41 bits per heavy atom. The molecule has 0 spiro atoms. The van der Waals surface area contributed by atoms with Crippen LogP contribution < -0.4 is 0 Å². The molecular weight excluding hydrogens is 424 g/mol. The Labute approximate surface area is 198 Å². The summed E-state index contributed by atoms with van der Waals surface area (Å²) in [7, 11) is -3.93. The molecule has 7 heteroatoms. The minimum Gasteiger partial charge on any atom is -0.343 e. The van der Waals surface area contributed by atoms with Crippen LogP contribution in [-0.4, -0.2) is 73.3 Å². The van der Waals surface area contributed by atoms with Crippen LogP contribution in [0, 0.1) is 5.92 Å². The maximum absolute atomic E-state index is 13.0. The maximum Gasteiger partial charge on any atom is 0.265 e. The molecule has 32 heavy (non-hydrogen) atoms. The van der Waals surface area contributed by atoms with Crippen molar-refractivity contribution in [2.45, 2.75) is 104 Å². The van der Waals surface area contributed by atoms with Crippen molar-refractivity contribution in [2.75, 3.05) is 45.0 Å². The molecule has 1 saturated heterocycles. The molecule has 0 aromatic carbocycles. The standard InChI is InChI=1S/C25H50N2O4S/c1-4-7-8-9-10-11-12-13-14-15-19-27(21-17-22-32(29,30)31)20-16-18-24(23-27)25(28)26(5-2)6-3/h24H,4-23H2,1-3H3/p+1. The van der Waals surface area contributed by atoms with Crippen molar-refractivity contribution in [3.05, 3.63) is 0 Å². The number of unbranched alkanes of at least 4 members (excludes halogenated alkanes) is 9. The molecule has 0 saturated carbocycles. The van der Waals surface area contributed by atoms with E-state index >= 15 is 0 Å². The molecule has 1 aliphatic heterocycles. The molecule has 190 valence electrons. The van der Waals surface area contributed by atoms with E-state index in [2.05, 4.69) is 6.92 Å². The molecule has 1 aliphatic rings. The lowest BCUT2D eigenvalue weighted by Gasteiger charge is -2.45. The van der Waals surface area contributed by atoms with Crippen LogP contribution in [0.4, 0.5) is 0 Å². The third kappa shape index (κ3) is 12.0. The average Bonchev–Trinajstić information content (AvgIpc) is 2.75. The van der Waals surface area contributed by atoms with E-state index in [1.165, 1.54) is 57.8 Å². The number of rotatable bonds is 18. The van der Waals surface area contributed by atoms with Crippen molar-refractivity contribution in [1.29, 1.82) is 0 Å². The zero-order chi connectivity index (χ0) is 23.9. The first-order chi connectivity index (χ1) is 15.3. The molecule has 2 unspecified atom stereocenters. The highest BCUT2D eigenvalue weighted by atomic mass is 32.2. The number of carbonyl (C=O) groups is 1. The lowest BCUT2D eigenvalue weighted by Crippen LogP contribution is -2.58. The summed E-state index contributed by atoms with van der Waals surface area (Å²) in [6.45, 7) is 11.4. The van der Waals surface area contributed by atoms with Crippen molar-refractivity contribution in [2.24, 2.45) is 5.92 Å². The Morgan fingerprint density at radius 3 is 1.94 bits per heavy atom. The smallest absolute Gasteiger partial charge is 0.265 e. The Balaban J connectivity index is 2.55. The van der Waals surface area contributed by atoms with Gasteiger partial charge in [0.25, 0.3) is 10.1 Å². The summed E-state index contributed by atoms with van der Waals surface area (Å²) in [6, 6.07) is 0. The quantitative estimate of drug-likeness (QED) is 0.166. The number of hydrogen-bond donors (Lipinski definition) is 1. The molecule has 1 N–H and O–H groups in total. The predicted octanol–water partition coefficient (Wildman–Crippen LogP) is 5.28. The zero-order valence-corrected chi connectivity index (χ0v) is 22.0. The van der Waals surface area contributed by atoms with E-state index in [0.29, 0.717) is 6.42 Å². The van der Waals surface area contributed by atoms with Crippen LogP contribution in [0.3, 0.4) is 0 Å². The number of piperidine rings is 1. The highest BCUT2D eigenvalue weighted by molar-refractivity contribution is 7.85. The van der Waals surface area contributed by atoms with E-state index in [-0.39, 0.29) is 17.6 Å². The largest absolute Gasteiger partial charge is 0.343 e. The second kappa shape index (κ2) is 16.0. The third-order valence-electron chi connectivity index (χ3n) is 7.24. The van der Waals surface area contributed by atoms with Crippen LogP contribution in [0.1, 0.15) is 104 Å². The maximum atomic E-state index is 13.0. The van der Waals surface area contributed by atoms with E-state index in [1.54, 1.807) is 0 Å². The molecule has 1 fully saturated rings. The summed E-state index contributed by atoms with van der Waals surface area (Å²) < 4.78 is 32.5. The number of amides is 1. The first kappa shape index (κ1) is 29.4. The lowest BCUT2D eigenvalue weighted by molar-refractivity contribution is -0.935. The van der Waals surface area contributed by atoms with Crippen molar-refractivity contribution in [3.63, 3.8) is 0 Å². The monoisotopic (exact) mass is 475 g/mol. The van der Waals surface area contributed by atoms with Gasteiger partial charge in [0, 0.05) is 19.5 Å². The van der Waals surface area contributed by atoms with Gasteiger partial charge in [0.2, 0.25) is 5.91 Å². The highest BCUT2D eigenvalue weighted by Gasteiger charge is 2.38. The Kier molecular flexibility index (Phi) is 14.7. The normalized spacial score (nSPS) is 21.6. The molecule has 0 bridgehead atoms. The highest BCUT2D eigenvalue weighted by Crippen LogP contribution is 2.27. The molecule has 1 heterocycles. The summed E-state index contributed by atoms with van der Waals surface area (Å²) in [4.78, 5) is 14.9. The number of likely N-dealkylation sites (tertiary alicyclic amines) is 1. The molecule has 0 aromatic heterocycles. The van der Waals surface area contributed by atoms with Gasteiger partial charge in [0.1, 0.15) is 0 Å². The minimum absolute atomic E-state index is 0.0394. The van der Waals surface area contributed by atoms with Gasteiger partial charge in [-0.1, -0.05) is 58.3 Å². The van der Waals surface area contributed by atoms with Gasteiger partial charge in [-0.3, -0.25) is 9.35 Å². The second-order valence-corrected chi connectivity index (χ2v) is 11.4. The first-order valence-electron chi connectivity index (χ1n) is 13.4. The van der Waals surface area contributed by atoms with Crippen LogP contribution in [-0.2, 0) is 14.9 Å². The molecule has 1 rings (SSSR count). The van der Waals surface area contributed by atoms with Gasteiger partial charge in [-0.25, -0.2) is 0 Å². The van der Waals surface area contributed by atoms with E-state index < -0.39 is 10.1 Å². The van der Waals surface area contributed by atoms with E-state index in [1.807, 2.05) is 18.7 Å². The molecular formula is C25H51N2O4S+. The number of quaternary nitrogens is 1. The van der Waals surface area contributed by atoms with Gasteiger partial charge in [-0.2, -0.15) is 8.42 Å². The van der Waals surface area contributed by atoms with Crippen molar-refractivity contribution < 1.29 is 22.2 Å². The van der Waals surface area contributed by atoms with E-state index in [4.69, 9.17) is 0 Å². The zero-order valence-electron chi connectivity index (χ0n) is 21.2. The van der Waals surface area contributed by atoms with Gasteiger partial charge in [-0.05, 0) is 39.5 Å². The average molecular weight is 476 g/mol. The van der Waals surface area contributed by atoms with Crippen molar-refractivity contribution in [3.8, 4) is 0 Å². The van der Waals surface area contributed by atoms with Crippen LogP contribution in [0.25, 0.3) is 0 Å². The number of nitrogens with zero attached hydrogens (tertiary/aromatic N) is 2. The fraction of sp³-hybridized carbons (Fsp3) is 0.960. The number of carbonyl (C=O) groups excluding carboxylic acids is 1. The molecule has 6 nitrogen and oxygen atoms in total. The van der Waals surface area contributed by atoms with Crippen LogP contribution in [0.5, 0.6) is 0 Å². The fourth-order valence-electron chi connectivity index (χ4n) is 5.35. The molecule has 0 aliphatic carbocycles. The summed E-state index contributed by atoms with van der Waals surface area (Å²) in [6.07, 6.45) is 15.4. The topological polar surface area (TPSA) is 74.7 Å². The molecule has 1 amide bonds. The van der Waals surface area contributed by atoms with Crippen LogP contribution >= 0.6 is 0 Å². The molecule has 0 radical (unpaired) electrons. The van der Waals surface area contributed by atoms with E-state index in [0.717, 1.165) is 63.0 Å². The van der Waals surface area contributed by atoms with Crippen LogP contribution in [0.15, 0.2) is 0 Å². The van der Waals surface area contributed by atoms with Gasteiger partial charge in [-0.15, -0.1) is 0 Å². The fourth-order valence-corrected chi connectivity index (χ4v) is 5.85. The van der Waals surface area contributed by atoms with Crippen LogP contribution in [0.2, 0.25) is 0 Å². The summed E-state index contributed by atoms with van der Waals surface area (Å²) in [5.41, 5.74) is 0. The van der Waals surface area contributed by atoms with Crippen molar-refractivity contribution in [1.82, 2.24) is 4.90 Å². The molecule has 0 aromatic rings. The lowest BCUT2D eigenvalue weighted by atomic mass is 9.93. The first-order valence-corrected chi connectivity index (χ1v) is 15.0. The number of hydrogen-bond acceptors (Lipinski definition) is 3. The Hall–Kier alpha value is -0.660. The van der Waals surface area contributed by atoms with Gasteiger partial charge >= 0.3 is 0 Å². The SMILES string of the molecule is CCCCCCCCCCCC[N+]1(CCCS(=O)(=O)O)CCCC(C(=O)N(CC)CC)C1. The Bertz CT molecular complexity index is 607. The Morgan fingerprint density at radius 1 is 0.875 bits per heavy atom. The summed E-state index contributed by atoms with van der Waals surface area (Å²) in [5, 5.41) is 0. The minimum atomic E-state index is -3.93. The summed E-state index contributed by atoms with van der Waals surface area (Å²) >= 11 is 0. The van der Waals surface area contributed by atoms with Gasteiger partial charge in [0.05, 0.1) is 37.8 Å².